The molecule has 37 heavy (non-hydrogen) atoms. The van der Waals surface area contributed by atoms with E-state index >= 15 is 0 Å². The summed E-state index contributed by atoms with van der Waals surface area (Å²) in [4.78, 5) is 35.9. The number of carbonyl (C=O) groups is 3. The number of hydrogen-bond acceptors (Lipinski definition) is 5. The van der Waals surface area contributed by atoms with Gasteiger partial charge in [0.2, 0.25) is 5.91 Å². The first-order chi connectivity index (χ1) is 18.1. The van der Waals surface area contributed by atoms with Crippen LogP contribution in [0.1, 0.15) is 99.9 Å². The van der Waals surface area contributed by atoms with Gasteiger partial charge in [0.1, 0.15) is 5.75 Å². The zero-order chi connectivity index (χ0) is 26.6. The summed E-state index contributed by atoms with van der Waals surface area (Å²) in [6.07, 6.45) is 15.5. The van der Waals surface area contributed by atoms with Gasteiger partial charge in [-0.15, -0.1) is 0 Å². The molecule has 0 spiro atoms. The molecule has 0 bridgehead atoms. The summed E-state index contributed by atoms with van der Waals surface area (Å²) in [6.45, 7) is 2.13. The summed E-state index contributed by atoms with van der Waals surface area (Å²) in [6, 6.07) is 15.5. The predicted molar refractivity (Wildman–Crippen MR) is 148 cm³/mol. The highest BCUT2D eigenvalue weighted by molar-refractivity contribution is 5.91. The zero-order valence-electron chi connectivity index (χ0n) is 22.0. The molecular formula is C30H41N3O4. The molecule has 0 aliphatic rings. The van der Waals surface area contributed by atoms with Gasteiger partial charge in [-0.1, -0.05) is 89.3 Å². The molecule has 7 nitrogen and oxygen atoms in total. The van der Waals surface area contributed by atoms with Gasteiger partial charge in [-0.05, 0) is 48.4 Å². The summed E-state index contributed by atoms with van der Waals surface area (Å²) in [5, 5.41) is 6.54. The lowest BCUT2D eigenvalue weighted by atomic mass is 10.1. The molecule has 0 saturated heterocycles. The Labute approximate surface area is 221 Å². The maximum absolute atomic E-state index is 12.1. The summed E-state index contributed by atoms with van der Waals surface area (Å²) in [5.74, 6) is -0.525. The molecule has 0 aromatic heterocycles. The van der Waals surface area contributed by atoms with Crippen molar-refractivity contribution in [1.82, 2.24) is 10.7 Å². The van der Waals surface area contributed by atoms with Crippen LogP contribution in [0.15, 0.2) is 59.7 Å². The number of nitrogens with zero attached hydrogens (tertiary/aromatic N) is 1. The molecule has 0 fully saturated rings. The van der Waals surface area contributed by atoms with Crippen LogP contribution in [0.4, 0.5) is 0 Å². The zero-order valence-corrected chi connectivity index (χ0v) is 22.0. The molecule has 7 heteroatoms. The van der Waals surface area contributed by atoms with Crippen LogP contribution >= 0.6 is 0 Å². The Balaban J connectivity index is 1.51. The van der Waals surface area contributed by atoms with Crippen LogP contribution in [-0.4, -0.2) is 30.5 Å². The van der Waals surface area contributed by atoms with Gasteiger partial charge in [0.05, 0.1) is 18.3 Å². The lowest BCUT2D eigenvalue weighted by molar-refractivity contribution is -0.126. The average molecular weight is 508 g/mol. The molecule has 0 heterocycles. The van der Waals surface area contributed by atoms with Crippen molar-refractivity contribution < 1.29 is 19.1 Å². The molecule has 0 aliphatic heterocycles. The van der Waals surface area contributed by atoms with Crippen LogP contribution in [-0.2, 0) is 9.59 Å². The van der Waals surface area contributed by atoms with Crippen molar-refractivity contribution in [2.75, 3.05) is 6.54 Å². The number of nitrogens with one attached hydrogen (secondary N) is 2. The molecule has 2 aromatic rings. The van der Waals surface area contributed by atoms with Gasteiger partial charge in [0, 0.05) is 6.42 Å². The normalized spacial score (nSPS) is 10.8. The number of esters is 1. The third kappa shape index (κ3) is 14.0. The van der Waals surface area contributed by atoms with Gasteiger partial charge in [-0.2, -0.15) is 5.10 Å². The SMILES string of the molecule is CCCCCCCCCCCCCC(=O)NCC(=O)NN=Cc1ccc(OC(=O)c2ccccc2)cc1. The van der Waals surface area contributed by atoms with Gasteiger partial charge in [0.25, 0.3) is 5.91 Å². The van der Waals surface area contributed by atoms with Crippen molar-refractivity contribution >= 4 is 24.0 Å². The van der Waals surface area contributed by atoms with E-state index in [0.29, 0.717) is 17.7 Å². The van der Waals surface area contributed by atoms with E-state index in [-0.39, 0.29) is 12.5 Å². The largest absolute Gasteiger partial charge is 0.423 e. The van der Waals surface area contributed by atoms with Gasteiger partial charge in [-0.25, -0.2) is 10.2 Å². The lowest BCUT2D eigenvalue weighted by Crippen LogP contribution is -2.34. The fourth-order valence-corrected chi connectivity index (χ4v) is 3.80. The number of carbonyl (C=O) groups excluding carboxylic acids is 3. The van der Waals surface area contributed by atoms with Gasteiger partial charge < -0.3 is 10.1 Å². The standard InChI is InChI=1S/C30H41N3O4/c1-2-3-4-5-6-7-8-9-10-11-15-18-28(34)31-24-29(35)33-32-23-25-19-21-27(22-20-25)37-30(36)26-16-13-12-14-17-26/h12-14,16-17,19-23H,2-11,15,18,24H2,1H3,(H,31,34)(H,33,35). The van der Waals surface area contributed by atoms with Crippen molar-refractivity contribution in [3.63, 3.8) is 0 Å². The number of amides is 2. The molecule has 2 N–H and O–H groups in total. The van der Waals surface area contributed by atoms with E-state index in [4.69, 9.17) is 4.74 Å². The first-order valence-corrected chi connectivity index (χ1v) is 13.5. The Morgan fingerprint density at radius 2 is 1.35 bits per heavy atom. The van der Waals surface area contributed by atoms with Crippen LogP contribution in [0.3, 0.4) is 0 Å². The number of benzene rings is 2. The van der Waals surface area contributed by atoms with Gasteiger partial charge in [0.15, 0.2) is 0 Å². The number of ether oxygens (including phenoxy) is 1. The van der Waals surface area contributed by atoms with Crippen LogP contribution in [0.25, 0.3) is 0 Å². The number of hydrazone groups is 1. The van der Waals surface area contributed by atoms with E-state index in [2.05, 4.69) is 22.8 Å². The Bertz CT molecular complexity index is 959. The molecule has 0 aliphatic carbocycles. The average Bonchev–Trinajstić information content (AvgIpc) is 2.92. The van der Waals surface area contributed by atoms with E-state index in [1.165, 1.54) is 57.6 Å². The summed E-state index contributed by atoms with van der Waals surface area (Å²) >= 11 is 0. The van der Waals surface area contributed by atoms with E-state index in [1.54, 1.807) is 48.5 Å². The maximum atomic E-state index is 12.1. The maximum Gasteiger partial charge on any atom is 0.343 e. The van der Waals surface area contributed by atoms with E-state index in [1.807, 2.05) is 6.07 Å². The molecule has 200 valence electrons. The Morgan fingerprint density at radius 3 is 1.97 bits per heavy atom. The van der Waals surface area contributed by atoms with Crippen molar-refractivity contribution in [2.45, 2.75) is 84.0 Å². The molecule has 0 atom stereocenters. The van der Waals surface area contributed by atoms with Crippen LogP contribution in [0.2, 0.25) is 0 Å². The summed E-state index contributed by atoms with van der Waals surface area (Å²) in [5.41, 5.74) is 3.59. The van der Waals surface area contributed by atoms with Crippen LogP contribution < -0.4 is 15.5 Å². The number of hydrogen-bond donors (Lipinski definition) is 2. The summed E-state index contributed by atoms with van der Waals surface area (Å²) < 4.78 is 5.33. The fraction of sp³-hybridized carbons (Fsp3) is 0.467. The topological polar surface area (TPSA) is 96.9 Å². The highest BCUT2D eigenvalue weighted by atomic mass is 16.5. The molecule has 0 unspecified atom stereocenters. The Kier molecular flexibility index (Phi) is 15.1. The van der Waals surface area contributed by atoms with Crippen LogP contribution in [0, 0.1) is 0 Å². The fourth-order valence-electron chi connectivity index (χ4n) is 3.80. The summed E-state index contributed by atoms with van der Waals surface area (Å²) in [7, 11) is 0. The monoisotopic (exact) mass is 507 g/mol. The second-order valence-electron chi connectivity index (χ2n) is 9.18. The third-order valence-corrected chi connectivity index (χ3v) is 5.96. The first kappa shape index (κ1) is 29.7. The number of rotatable bonds is 18. The Hall–Kier alpha value is -3.48. The highest BCUT2D eigenvalue weighted by Gasteiger charge is 2.07. The molecule has 0 saturated carbocycles. The van der Waals surface area contributed by atoms with Crippen molar-refractivity contribution in [3.05, 3.63) is 65.7 Å². The highest BCUT2D eigenvalue weighted by Crippen LogP contribution is 2.14. The molecular weight excluding hydrogens is 466 g/mol. The molecule has 2 aromatic carbocycles. The second-order valence-corrected chi connectivity index (χ2v) is 9.18. The number of unbranched alkanes of at least 4 members (excludes halogenated alkanes) is 10. The second kappa shape index (κ2) is 18.7. The van der Waals surface area contributed by atoms with Crippen LogP contribution in [0.5, 0.6) is 5.75 Å². The van der Waals surface area contributed by atoms with E-state index < -0.39 is 11.9 Å². The van der Waals surface area contributed by atoms with Crippen molar-refractivity contribution in [2.24, 2.45) is 5.10 Å². The molecule has 2 amide bonds. The predicted octanol–water partition coefficient (Wildman–Crippen LogP) is 6.17. The minimum Gasteiger partial charge on any atom is -0.423 e. The lowest BCUT2D eigenvalue weighted by Gasteiger charge is -2.05. The third-order valence-electron chi connectivity index (χ3n) is 5.96. The van der Waals surface area contributed by atoms with Gasteiger partial charge in [-0.3, -0.25) is 9.59 Å². The quantitative estimate of drug-likeness (QED) is 0.0828. The van der Waals surface area contributed by atoms with Gasteiger partial charge >= 0.3 is 5.97 Å². The smallest absolute Gasteiger partial charge is 0.343 e. The van der Waals surface area contributed by atoms with E-state index in [9.17, 15) is 14.4 Å². The Morgan fingerprint density at radius 1 is 0.757 bits per heavy atom. The minimum atomic E-state index is -0.431. The minimum absolute atomic E-state index is 0.109. The first-order valence-electron chi connectivity index (χ1n) is 13.5. The van der Waals surface area contributed by atoms with E-state index in [0.717, 1.165) is 24.8 Å². The van der Waals surface area contributed by atoms with Crippen molar-refractivity contribution in [1.29, 1.82) is 0 Å². The van der Waals surface area contributed by atoms with Crippen molar-refractivity contribution in [3.8, 4) is 5.75 Å². The molecule has 2 rings (SSSR count). The molecule has 0 radical (unpaired) electrons.